The zero-order chi connectivity index (χ0) is 29.3. The largest absolute Gasteiger partial charge is 0.378 e. The van der Waals surface area contributed by atoms with Crippen LogP contribution in [0.1, 0.15) is 22.9 Å². The van der Waals surface area contributed by atoms with Crippen molar-refractivity contribution in [3.8, 4) is 5.69 Å². The highest BCUT2D eigenvalue weighted by Gasteiger charge is 2.30. The maximum atomic E-state index is 13.6. The number of rotatable bonds is 6. The van der Waals surface area contributed by atoms with E-state index in [2.05, 4.69) is 25.8 Å². The maximum Gasteiger partial charge on any atom is 0.233 e. The van der Waals surface area contributed by atoms with E-state index >= 15 is 0 Å². The number of anilines is 5. The number of fused-ring (bicyclic) bond motifs is 1. The SMILES string of the molecule is Cc1nn(-c2ccc(Nc3nc(N4CCOCC4)nc(N4CCOCC4)n3)cc2)c2c1C(c1ccc(F)cc1)NC(=S)N2. The Hall–Kier alpha value is -4.40. The number of hydrogen-bond donors (Lipinski definition) is 3. The van der Waals surface area contributed by atoms with E-state index < -0.39 is 0 Å². The molecule has 5 heterocycles. The molecular formula is C29H31FN10O2S. The number of benzene rings is 2. The summed E-state index contributed by atoms with van der Waals surface area (Å²) < 4.78 is 26.5. The van der Waals surface area contributed by atoms with Crippen molar-refractivity contribution in [1.29, 1.82) is 0 Å². The molecule has 0 aliphatic carbocycles. The Balaban J connectivity index is 1.16. The van der Waals surface area contributed by atoms with Crippen LogP contribution in [0.3, 0.4) is 0 Å². The van der Waals surface area contributed by atoms with Gasteiger partial charge in [-0.15, -0.1) is 0 Å². The standard InChI is InChI=1S/C29H31FN10O2S/c1-18-23-24(19-2-4-20(30)5-3-19)32-29(43)33-25(23)40(37-18)22-8-6-21(7-9-22)31-26-34-27(38-10-14-41-15-11-38)36-28(35-26)39-12-16-42-17-13-39/h2-9,24H,10-17H2,1H3,(H2,32,33,43)(H,31,34,35,36). The zero-order valence-electron chi connectivity index (χ0n) is 23.6. The van der Waals surface area contributed by atoms with Gasteiger partial charge in [0, 0.05) is 37.4 Å². The van der Waals surface area contributed by atoms with Crippen molar-refractivity contribution in [3.63, 3.8) is 0 Å². The van der Waals surface area contributed by atoms with Crippen LogP contribution < -0.4 is 25.8 Å². The summed E-state index contributed by atoms with van der Waals surface area (Å²) in [4.78, 5) is 18.5. The average Bonchev–Trinajstić information content (AvgIpc) is 3.37. The molecule has 12 nitrogen and oxygen atoms in total. The van der Waals surface area contributed by atoms with E-state index in [4.69, 9.17) is 41.7 Å². The number of aryl methyl sites for hydroxylation is 1. The molecule has 4 aromatic rings. The van der Waals surface area contributed by atoms with E-state index in [-0.39, 0.29) is 11.9 Å². The summed E-state index contributed by atoms with van der Waals surface area (Å²) in [5.41, 5.74) is 4.37. The molecule has 0 spiro atoms. The van der Waals surface area contributed by atoms with Gasteiger partial charge in [-0.25, -0.2) is 9.07 Å². The third-order valence-corrected chi connectivity index (χ3v) is 7.89. The van der Waals surface area contributed by atoms with Gasteiger partial charge in [-0.2, -0.15) is 20.1 Å². The first-order chi connectivity index (χ1) is 21.0. The van der Waals surface area contributed by atoms with Gasteiger partial charge >= 0.3 is 0 Å². The normalized spacial score (nSPS) is 18.6. The third kappa shape index (κ3) is 5.68. The van der Waals surface area contributed by atoms with Crippen LogP contribution in [-0.2, 0) is 9.47 Å². The second-order valence-electron chi connectivity index (χ2n) is 10.5. The molecule has 0 amide bonds. The number of nitrogens with zero attached hydrogens (tertiary/aromatic N) is 7. The molecule has 0 radical (unpaired) electrons. The fraction of sp³-hybridized carbons (Fsp3) is 0.345. The Labute approximate surface area is 253 Å². The van der Waals surface area contributed by atoms with Crippen molar-refractivity contribution < 1.29 is 13.9 Å². The zero-order valence-corrected chi connectivity index (χ0v) is 24.4. The summed E-state index contributed by atoms with van der Waals surface area (Å²) in [6, 6.07) is 14.1. The van der Waals surface area contributed by atoms with Crippen LogP contribution in [0.2, 0.25) is 0 Å². The van der Waals surface area contributed by atoms with Gasteiger partial charge in [0.15, 0.2) is 5.11 Å². The molecule has 0 saturated carbocycles. The highest BCUT2D eigenvalue weighted by atomic mass is 32.1. The first kappa shape index (κ1) is 27.4. The number of aromatic nitrogens is 5. The Kier molecular flexibility index (Phi) is 7.47. The van der Waals surface area contributed by atoms with Crippen LogP contribution in [0.4, 0.5) is 33.7 Å². The van der Waals surface area contributed by atoms with Crippen molar-refractivity contribution in [1.82, 2.24) is 30.0 Å². The van der Waals surface area contributed by atoms with E-state index in [0.29, 0.717) is 49.4 Å². The molecule has 43 heavy (non-hydrogen) atoms. The summed E-state index contributed by atoms with van der Waals surface area (Å²) in [5.74, 6) is 2.22. The van der Waals surface area contributed by atoms with Gasteiger partial charge < -0.3 is 35.2 Å². The number of ether oxygens (including phenoxy) is 2. The predicted octanol–water partition coefficient (Wildman–Crippen LogP) is 3.31. The number of hydrogen-bond acceptors (Lipinski definition) is 10. The molecule has 2 saturated heterocycles. The molecule has 14 heteroatoms. The van der Waals surface area contributed by atoms with Crippen LogP contribution in [0, 0.1) is 12.7 Å². The molecule has 2 aromatic carbocycles. The smallest absolute Gasteiger partial charge is 0.233 e. The van der Waals surface area contributed by atoms with Crippen molar-refractivity contribution in [3.05, 3.63) is 71.2 Å². The number of halogens is 1. The minimum atomic E-state index is -0.284. The van der Waals surface area contributed by atoms with Gasteiger partial charge in [0.2, 0.25) is 17.8 Å². The molecule has 1 atom stereocenters. The number of thiocarbonyl (C=S) groups is 1. The van der Waals surface area contributed by atoms with Crippen LogP contribution in [0.15, 0.2) is 48.5 Å². The Morgan fingerprint density at radius 3 is 2.07 bits per heavy atom. The first-order valence-electron chi connectivity index (χ1n) is 14.2. The van der Waals surface area contributed by atoms with Crippen molar-refractivity contribution >= 4 is 46.7 Å². The quantitative estimate of drug-likeness (QED) is 0.281. The number of morpholine rings is 2. The van der Waals surface area contributed by atoms with Gasteiger partial charge in [0.05, 0.1) is 43.9 Å². The highest BCUT2D eigenvalue weighted by Crippen LogP contribution is 2.36. The molecule has 222 valence electrons. The maximum absolute atomic E-state index is 13.6. The lowest BCUT2D eigenvalue weighted by Crippen LogP contribution is -2.40. The highest BCUT2D eigenvalue weighted by molar-refractivity contribution is 7.80. The van der Waals surface area contributed by atoms with Gasteiger partial charge in [-0.1, -0.05) is 12.1 Å². The first-order valence-corrected chi connectivity index (χ1v) is 14.6. The predicted molar refractivity (Wildman–Crippen MR) is 165 cm³/mol. The molecule has 3 aliphatic heterocycles. The third-order valence-electron chi connectivity index (χ3n) is 7.67. The Bertz CT molecular complexity index is 1580. The van der Waals surface area contributed by atoms with Gasteiger partial charge in [0.25, 0.3) is 0 Å². The van der Waals surface area contributed by atoms with E-state index in [1.807, 2.05) is 35.9 Å². The molecule has 0 bridgehead atoms. The minimum Gasteiger partial charge on any atom is -0.378 e. The molecular weight excluding hydrogens is 571 g/mol. The molecule has 1 unspecified atom stereocenters. The monoisotopic (exact) mass is 602 g/mol. The number of nitrogens with one attached hydrogen (secondary N) is 3. The Morgan fingerprint density at radius 1 is 0.860 bits per heavy atom. The van der Waals surface area contributed by atoms with E-state index in [0.717, 1.165) is 60.2 Å². The molecule has 2 aromatic heterocycles. The topological polar surface area (TPSA) is 118 Å². The van der Waals surface area contributed by atoms with Gasteiger partial charge in [-0.3, -0.25) is 0 Å². The second-order valence-corrected chi connectivity index (χ2v) is 10.9. The van der Waals surface area contributed by atoms with Gasteiger partial charge in [-0.05, 0) is 61.1 Å². The van der Waals surface area contributed by atoms with E-state index in [9.17, 15) is 4.39 Å². The summed E-state index contributed by atoms with van der Waals surface area (Å²) in [6.45, 7) is 7.41. The van der Waals surface area contributed by atoms with Crippen molar-refractivity contribution in [2.24, 2.45) is 0 Å². The fourth-order valence-electron chi connectivity index (χ4n) is 5.48. The van der Waals surface area contributed by atoms with Crippen LogP contribution >= 0.6 is 12.2 Å². The molecule has 7 rings (SSSR count). The second kappa shape index (κ2) is 11.7. The van der Waals surface area contributed by atoms with Crippen molar-refractivity contribution in [2.75, 3.05) is 73.0 Å². The average molecular weight is 603 g/mol. The summed E-state index contributed by atoms with van der Waals surface area (Å²) in [6.07, 6.45) is 0. The fourth-order valence-corrected chi connectivity index (χ4v) is 5.69. The molecule has 3 aliphatic rings. The Morgan fingerprint density at radius 2 is 1.47 bits per heavy atom. The summed E-state index contributed by atoms with van der Waals surface area (Å²) in [5, 5.41) is 15.2. The lowest BCUT2D eigenvalue weighted by atomic mass is 9.97. The van der Waals surface area contributed by atoms with E-state index in [1.54, 1.807) is 12.1 Å². The van der Waals surface area contributed by atoms with E-state index in [1.165, 1.54) is 12.1 Å². The summed E-state index contributed by atoms with van der Waals surface area (Å²) >= 11 is 5.53. The van der Waals surface area contributed by atoms with Gasteiger partial charge in [0.1, 0.15) is 11.6 Å². The molecule has 2 fully saturated rings. The lowest BCUT2D eigenvalue weighted by Gasteiger charge is -2.30. The van der Waals surface area contributed by atoms with Crippen LogP contribution in [0.25, 0.3) is 5.69 Å². The summed E-state index contributed by atoms with van der Waals surface area (Å²) in [7, 11) is 0. The van der Waals surface area contributed by atoms with Crippen molar-refractivity contribution in [2.45, 2.75) is 13.0 Å². The molecule has 3 N–H and O–H groups in total. The van der Waals surface area contributed by atoms with Crippen LogP contribution in [-0.4, -0.2) is 82.5 Å². The van der Waals surface area contributed by atoms with Crippen LogP contribution in [0.5, 0.6) is 0 Å². The minimum absolute atomic E-state index is 0.246. The lowest BCUT2D eigenvalue weighted by molar-refractivity contribution is 0.121.